The van der Waals surface area contributed by atoms with Crippen molar-refractivity contribution in [3.05, 3.63) is 35.4 Å². The molecule has 2 aromatic rings. The van der Waals surface area contributed by atoms with Crippen molar-refractivity contribution in [3.8, 4) is 0 Å². The SMILES string of the molecule is CCc1ccc([C@@H]2CCCN2S(=O)(=O)NCc2noc(C)n2)o1. The first-order chi connectivity index (χ1) is 11.0. The van der Waals surface area contributed by atoms with E-state index in [1.54, 1.807) is 6.92 Å². The molecular formula is C14H20N4O4S. The van der Waals surface area contributed by atoms with E-state index in [1.807, 2.05) is 19.1 Å². The molecule has 1 atom stereocenters. The molecule has 3 heterocycles. The number of furan rings is 1. The fourth-order valence-electron chi connectivity index (χ4n) is 2.73. The van der Waals surface area contributed by atoms with E-state index in [-0.39, 0.29) is 12.6 Å². The first-order valence-electron chi connectivity index (χ1n) is 7.64. The Morgan fingerprint density at radius 2 is 2.26 bits per heavy atom. The summed E-state index contributed by atoms with van der Waals surface area (Å²) in [5.74, 6) is 2.27. The Labute approximate surface area is 135 Å². The summed E-state index contributed by atoms with van der Waals surface area (Å²) in [5, 5.41) is 3.69. The minimum atomic E-state index is -3.64. The molecule has 8 nitrogen and oxygen atoms in total. The highest BCUT2D eigenvalue weighted by molar-refractivity contribution is 7.87. The summed E-state index contributed by atoms with van der Waals surface area (Å²) >= 11 is 0. The van der Waals surface area contributed by atoms with Gasteiger partial charge >= 0.3 is 0 Å². The fraction of sp³-hybridized carbons (Fsp3) is 0.571. The lowest BCUT2D eigenvalue weighted by atomic mass is 10.2. The van der Waals surface area contributed by atoms with Gasteiger partial charge in [0, 0.05) is 19.9 Å². The van der Waals surface area contributed by atoms with E-state index in [9.17, 15) is 8.42 Å². The van der Waals surface area contributed by atoms with E-state index >= 15 is 0 Å². The molecule has 0 spiro atoms. The van der Waals surface area contributed by atoms with Crippen LogP contribution in [-0.2, 0) is 23.2 Å². The van der Waals surface area contributed by atoms with Crippen LogP contribution in [-0.4, -0.2) is 29.4 Å². The van der Waals surface area contributed by atoms with Crippen LogP contribution in [0.15, 0.2) is 21.1 Å². The Morgan fingerprint density at radius 1 is 1.43 bits per heavy atom. The third kappa shape index (κ3) is 3.46. The molecule has 0 amide bonds. The summed E-state index contributed by atoms with van der Waals surface area (Å²) in [6.07, 6.45) is 2.34. The van der Waals surface area contributed by atoms with Gasteiger partial charge in [-0.3, -0.25) is 0 Å². The first-order valence-corrected chi connectivity index (χ1v) is 9.08. The van der Waals surface area contributed by atoms with Crippen molar-refractivity contribution in [2.45, 2.75) is 45.7 Å². The molecule has 1 N–H and O–H groups in total. The van der Waals surface area contributed by atoms with Crippen molar-refractivity contribution in [2.75, 3.05) is 6.54 Å². The van der Waals surface area contributed by atoms with Crippen molar-refractivity contribution in [1.29, 1.82) is 0 Å². The minimum absolute atomic E-state index is 0.00125. The Balaban J connectivity index is 1.72. The molecule has 1 aliphatic rings. The number of aryl methyl sites for hydroxylation is 2. The summed E-state index contributed by atoms with van der Waals surface area (Å²) in [4.78, 5) is 3.99. The normalized spacial score (nSPS) is 19.5. The van der Waals surface area contributed by atoms with Crippen LogP contribution in [0.4, 0.5) is 0 Å². The van der Waals surface area contributed by atoms with Gasteiger partial charge in [0.15, 0.2) is 5.82 Å². The first kappa shape index (κ1) is 16.2. The predicted molar refractivity (Wildman–Crippen MR) is 81.6 cm³/mol. The second-order valence-corrected chi connectivity index (χ2v) is 7.19. The van der Waals surface area contributed by atoms with Gasteiger partial charge in [-0.2, -0.15) is 22.4 Å². The van der Waals surface area contributed by atoms with Crippen LogP contribution in [0.1, 0.15) is 49.0 Å². The van der Waals surface area contributed by atoms with Gasteiger partial charge in [0.1, 0.15) is 11.5 Å². The van der Waals surface area contributed by atoms with E-state index in [2.05, 4.69) is 14.9 Å². The molecule has 1 saturated heterocycles. The van der Waals surface area contributed by atoms with Crippen molar-refractivity contribution >= 4 is 10.2 Å². The Bertz CT molecular complexity index is 767. The van der Waals surface area contributed by atoms with E-state index in [1.165, 1.54) is 4.31 Å². The topological polar surface area (TPSA) is 101 Å². The molecule has 0 bridgehead atoms. The number of hydrogen-bond donors (Lipinski definition) is 1. The zero-order valence-corrected chi connectivity index (χ0v) is 14.0. The number of aromatic nitrogens is 2. The molecule has 2 aromatic heterocycles. The summed E-state index contributed by atoms with van der Waals surface area (Å²) in [6.45, 7) is 4.12. The molecule has 23 heavy (non-hydrogen) atoms. The van der Waals surface area contributed by atoms with Gasteiger partial charge in [0.05, 0.1) is 12.6 Å². The standard InChI is InChI=1S/C14H20N4O4S/c1-3-11-6-7-13(21-11)12-5-4-8-18(12)23(19,20)15-9-14-16-10(2)22-17-14/h6-7,12,15H,3-5,8-9H2,1-2H3/t12-/m0/s1. The minimum Gasteiger partial charge on any atom is -0.464 e. The average Bonchev–Trinajstić information content (AvgIpc) is 3.24. The average molecular weight is 340 g/mol. The van der Waals surface area contributed by atoms with Crippen LogP contribution in [0.2, 0.25) is 0 Å². The fourth-order valence-corrected chi connectivity index (χ4v) is 4.12. The van der Waals surface area contributed by atoms with Crippen LogP contribution in [0.25, 0.3) is 0 Å². The highest BCUT2D eigenvalue weighted by Crippen LogP contribution is 2.34. The number of nitrogens with zero attached hydrogens (tertiary/aromatic N) is 3. The van der Waals surface area contributed by atoms with E-state index < -0.39 is 10.2 Å². The van der Waals surface area contributed by atoms with Crippen molar-refractivity contribution in [1.82, 2.24) is 19.2 Å². The molecule has 9 heteroatoms. The summed E-state index contributed by atoms with van der Waals surface area (Å²) < 4.78 is 39.7. The quantitative estimate of drug-likeness (QED) is 0.859. The summed E-state index contributed by atoms with van der Waals surface area (Å²) in [6, 6.07) is 3.49. The number of hydrogen-bond acceptors (Lipinski definition) is 6. The Kier molecular flexibility index (Phi) is 4.51. The third-order valence-electron chi connectivity index (χ3n) is 3.85. The molecule has 1 aliphatic heterocycles. The summed E-state index contributed by atoms with van der Waals surface area (Å²) in [7, 11) is -3.64. The molecule has 0 aromatic carbocycles. The zero-order valence-electron chi connectivity index (χ0n) is 13.2. The van der Waals surface area contributed by atoms with E-state index in [4.69, 9.17) is 8.94 Å². The lowest BCUT2D eigenvalue weighted by Crippen LogP contribution is -2.40. The van der Waals surface area contributed by atoms with Crippen LogP contribution < -0.4 is 4.72 Å². The van der Waals surface area contributed by atoms with Gasteiger partial charge in [-0.05, 0) is 25.0 Å². The van der Waals surface area contributed by atoms with Gasteiger partial charge in [-0.15, -0.1) is 0 Å². The monoisotopic (exact) mass is 340 g/mol. The van der Waals surface area contributed by atoms with Crippen molar-refractivity contribution in [2.24, 2.45) is 0 Å². The van der Waals surface area contributed by atoms with Gasteiger partial charge in [-0.1, -0.05) is 12.1 Å². The van der Waals surface area contributed by atoms with Gasteiger partial charge < -0.3 is 8.94 Å². The molecular weight excluding hydrogens is 320 g/mol. The number of rotatable bonds is 6. The second-order valence-electron chi connectivity index (χ2n) is 5.48. The highest BCUT2D eigenvalue weighted by atomic mass is 32.2. The number of nitrogens with one attached hydrogen (secondary N) is 1. The van der Waals surface area contributed by atoms with Gasteiger partial charge in [0.25, 0.3) is 10.2 Å². The summed E-state index contributed by atoms with van der Waals surface area (Å²) in [5.41, 5.74) is 0. The molecule has 0 unspecified atom stereocenters. The lowest BCUT2D eigenvalue weighted by molar-refractivity contribution is 0.327. The maximum atomic E-state index is 12.6. The van der Waals surface area contributed by atoms with E-state index in [0.29, 0.717) is 24.0 Å². The molecule has 0 aliphatic carbocycles. The zero-order chi connectivity index (χ0) is 16.4. The largest absolute Gasteiger partial charge is 0.464 e. The van der Waals surface area contributed by atoms with Crippen LogP contribution >= 0.6 is 0 Å². The van der Waals surface area contributed by atoms with Crippen LogP contribution in [0.3, 0.4) is 0 Å². The van der Waals surface area contributed by atoms with E-state index in [0.717, 1.165) is 25.0 Å². The maximum Gasteiger partial charge on any atom is 0.280 e. The smallest absolute Gasteiger partial charge is 0.280 e. The molecule has 126 valence electrons. The van der Waals surface area contributed by atoms with Crippen molar-refractivity contribution < 1.29 is 17.4 Å². The second kappa shape index (κ2) is 6.42. The molecule has 0 saturated carbocycles. The van der Waals surface area contributed by atoms with Crippen molar-refractivity contribution in [3.63, 3.8) is 0 Å². The lowest BCUT2D eigenvalue weighted by Gasteiger charge is -2.22. The Hall–Kier alpha value is -1.71. The molecule has 1 fully saturated rings. The van der Waals surface area contributed by atoms with Crippen LogP contribution in [0, 0.1) is 6.92 Å². The molecule has 3 rings (SSSR count). The highest BCUT2D eigenvalue weighted by Gasteiger charge is 2.36. The predicted octanol–water partition coefficient (Wildman–Crippen LogP) is 1.70. The third-order valence-corrected chi connectivity index (χ3v) is 5.42. The van der Waals surface area contributed by atoms with Gasteiger partial charge in [0.2, 0.25) is 5.89 Å². The van der Waals surface area contributed by atoms with Gasteiger partial charge in [-0.25, -0.2) is 0 Å². The van der Waals surface area contributed by atoms with Crippen LogP contribution in [0.5, 0.6) is 0 Å². The molecule has 0 radical (unpaired) electrons. The Morgan fingerprint density at radius 3 is 2.91 bits per heavy atom. The maximum absolute atomic E-state index is 12.6.